The van der Waals surface area contributed by atoms with Crippen molar-refractivity contribution in [2.24, 2.45) is 11.3 Å². The fraction of sp³-hybridized carbons (Fsp3) is 0.800. The number of carbonyl (C=O) groups is 2. The second-order valence-electron chi connectivity index (χ2n) is 4.63. The van der Waals surface area contributed by atoms with Gasteiger partial charge in [0, 0.05) is 13.0 Å². The molecule has 1 amide bonds. The molecule has 0 radical (unpaired) electrons. The molecule has 6 heteroatoms. The standard InChI is InChI=1S/C10H15Cl2NO3/c1-6(3-7(14)15)4-13-8(16)9(2)5-10(9,11)12/h6H,3-5H2,1-2H3,(H,13,16)(H,14,15). The van der Waals surface area contributed by atoms with E-state index in [1.165, 1.54) is 0 Å². The van der Waals surface area contributed by atoms with Crippen LogP contribution >= 0.6 is 23.2 Å². The lowest BCUT2D eigenvalue weighted by Gasteiger charge is -2.15. The maximum absolute atomic E-state index is 11.7. The van der Waals surface area contributed by atoms with Gasteiger partial charge in [-0.2, -0.15) is 0 Å². The van der Waals surface area contributed by atoms with E-state index in [0.717, 1.165) is 0 Å². The highest BCUT2D eigenvalue weighted by molar-refractivity contribution is 6.53. The predicted molar refractivity (Wildman–Crippen MR) is 61.6 cm³/mol. The van der Waals surface area contributed by atoms with Crippen molar-refractivity contribution in [3.8, 4) is 0 Å². The summed E-state index contributed by atoms with van der Waals surface area (Å²) in [5, 5.41) is 11.2. The van der Waals surface area contributed by atoms with Crippen LogP contribution in [0.2, 0.25) is 0 Å². The summed E-state index contributed by atoms with van der Waals surface area (Å²) in [5.74, 6) is -1.19. The molecule has 4 nitrogen and oxygen atoms in total. The Morgan fingerprint density at radius 1 is 1.50 bits per heavy atom. The molecule has 1 aliphatic carbocycles. The van der Waals surface area contributed by atoms with Gasteiger partial charge in [-0.1, -0.05) is 6.92 Å². The van der Waals surface area contributed by atoms with Crippen LogP contribution in [0.15, 0.2) is 0 Å². The highest BCUT2D eigenvalue weighted by Gasteiger charge is 2.67. The largest absolute Gasteiger partial charge is 0.481 e. The first-order chi connectivity index (χ1) is 7.19. The number of rotatable bonds is 5. The summed E-state index contributed by atoms with van der Waals surface area (Å²) in [4.78, 5) is 22.1. The Kier molecular flexibility index (Phi) is 3.75. The van der Waals surface area contributed by atoms with E-state index >= 15 is 0 Å². The Bertz CT molecular complexity index is 319. The van der Waals surface area contributed by atoms with E-state index in [0.29, 0.717) is 13.0 Å². The number of carbonyl (C=O) groups excluding carboxylic acids is 1. The number of halogens is 2. The van der Waals surface area contributed by atoms with Gasteiger partial charge >= 0.3 is 5.97 Å². The molecule has 16 heavy (non-hydrogen) atoms. The van der Waals surface area contributed by atoms with Crippen LogP contribution in [-0.2, 0) is 9.59 Å². The zero-order chi connectivity index (χ0) is 12.6. The van der Waals surface area contributed by atoms with Crippen LogP contribution in [0.1, 0.15) is 26.7 Å². The number of carboxylic acid groups (broad SMARTS) is 1. The van der Waals surface area contributed by atoms with E-state index in [1.807, 2.05) is 0 Å². The van der Waals surface area contributed by atoms with Crippen molar-refractivity contribution < 1.29 is 14.7 Å². The van der Waals surface area contributed by atoms with Crippen molar-refractivity contribution in [3.63, 3.8) is 0 Å². The third-order valence-corrected chi connectivity index (χ3v) is 3.99. The molecule has 0 aromatic heterocycles. The van der Waals surface area contributed by atoms with Gasteiger partial charge in [-0.05, 0) is 19.3 Å². The number of alkyl halides is 2. The molecule has 2 N–H and O–H groups in total. The second-order valence-corrected chi connectivity index (χ2v) is 6.11. The van der Waals surface area contributed by atoms with Crippen molar-refractivity contribution in [2.75, 3.05) is 6.54 Å². The monoisotopic (exact) mass is 267 g/mol. The molecule has 2 atom stereocenters. The summed E-state index contributed by atoms with van der Waals surface area (Å²) in [7, 11) is 0. The molecule has 2 unspecified atom stereocenters. The molecule has 0 saturated heterocycles. The summed E-state index contributed by atoms with van der Waals surface area (Å²) < 4.78 is -0.979. The molecule has 0 heterocycles. The summed E-state index contributed by atoms with van der Waals surface area (Å²) in [6.07, 6.45) is 0.464. The van der Waals surface area contributed by atoms with Crippen LogP contribution in [0.3, 0.4) is 0 Å². The fourth-order valence-corrected chi connectivity index (χ4v) is 2.18. The topological polar surface area (TPSA) is 66.4 Å². The van der Waals surface area contributed by atoms with Crippen molar-refractivity contribution in [1.29, 1.82) is 0 Å². The van der Waals surface area contributed by atoms with Crippen LogP contribution in [-0.4, -0.2) is 27.9 Å². The number of amides is 1. The van der Waals surface area contributed by atoms with E-state index in [1.54, 1.807) is 13.8 Å². The fourth-order valence-electron chi connectivity index (χ4n) is 1.48. The van der Waals surface area contributed by atoms with Crippen LogP contribution in [0.4, 0.5) is 0 Å². The highest BCUT2D eigenvalue weighted by Crippen LogP contribution is 2.63. The van der Waals surface area contributed by atoms with Gasteiger partial charge in [0.1, 0.15) is 4.33 Å². The summed E-state index contributed by atoms with van der Waals surface area (Å²) >= 11 is 11.7. The lowest BCUT2D eigenvalue weighted by Crippen LogP contribution is -2.36. The Morgan fingerprint density at radius 3 is 2.38 bits per heavy atom. The lowest BCUT2D eigenvalue weighted by atomic mass is 10.1. The zero-order valence-corrected chi connectivity index (χ0v) is 10.7. The summed E-state index contributed by atoms with van der Waals surface area (Å²) in [6, 6.07) is 0. The lowest BCUT2D eigenvalue weighted by molar-refractivity contribution is -0.138. The highest BCUT2D eigenvalue weighted by atomic mass is 35.5. The van der Waals surface area contributed by atoms with Crippen molar-refractivity contribution >= 4 is 35.1 Å². The van der Waals surface area contributed by atoms with E-state index in [4.69, 9.17) is 28.3 Å². The SMILES string of the molecule is CC(CNC(=O)C1(C)CC1(Cl)Cl)CC(=O)O. The molecular formula is C10H15Cl2NO3. The number of hydrogen-bond donors (Lipinski definition) is 2. The van der Waals surface area contributed by atoms with E-state index in [-0.39, 0.29) is 18.2 Å². The van der Waals surface area contributed by atoms with Gasteiger partial charge in [0.2, 0.25) is 5.91 Å². The maximum Gasteiger partial charge on any atom is 0.303 e. The number of hydrogen-bond acceptors (Lipinski definition) is 2. The minimum Gasteiger partial charge on any atom is -0.481 e. The Balaban J connectivity index is 2.35. The van der Waals surface area contributed by atoms with E-state index < -0.39 is 15.7 Å². The van der Waals surface area contributed by atoms with Crippen LogP contribution in [0.25, 0.3) is 0 Å². The molecule has 1 fully saturated rings. The first kappa shape index (κ1) is 13.6. The maximum atomic E-state index is 11.7. The van der Waals surface area contributed by atoms with E-state index in [2.05, 4.69) is 5.32 Å². The van der Waals surface area contributed by atoms with Gasteiger partial charge in [0.25, 0.3) is 0 Å². The van der Waals surface area contributed by atoms with Gasteiger partial charge in [-0.3, -0.25) is 9.59 Å². The average molecular weight is 268 g/mol. The molecule has 1 rings (SSSR count). The average Bonchev–Trinajstić information content (AvgIpc) is 2.62. The minimum atomic E-state index is -0.979. The van der Waals surface area contributed by atoms with E-state index in [9.17, 15) is 9.59 Å². The Morgan fingerprint density at radius 2 is 2.00 bits per heavy atom. The normalized spacial score (nSPS) is 28.2. The summed E-state index contributed by atoms with van der Waals surface area (Å²) in [5.41, 5.74) is -0.737. The molecular weight excluding hydrogens is 253 g/mol. The molecule has 0 aromatic carbocycles. The van der Waals surface area contributed by atoms with Crippen molar-refractivity contribution in [3.05, 3.63) is 0 Å². The van der Waals surface area contributed by atoms with Gasteiger partial charge < -0.3 is 10.4 Å². The third-order valence-electron chi connectivity index (χ3n) is 2.89. The first-order valence-corrected chi connectivity index (χ1v) is 5.82. The summed E-state index contributed by atoms with van der Waals surface area (Å²) in [6.45, 7) is 3.78. The minimum absolute atomic E-state index is 0.0316. The Labute approximate surface area is 104 Å². The third kappa shape index (κ3) is 2.80. The number of aliphatic carboxylic acids is 1. The molecule has 0 aliphatic heterocycles. The molecule has 0 bridgehead atoms. The van der Waals surface area contributed by atoms with Gasteiger partial charge in [0.05, 0.1) is 5.41 Å². The van der Waals surface area contributed by atoms with Crippen LogP contribution in [0, 0.1) is 11.3 Å². The molecule has 0 aromatic rings. The Hall–Kier alpha value is -0.480. The van der Waals surface area contributed by atoms with Crippen molar-refractivity contribution in [2.45, 2.75) is 31.0 Å². The predicted octanol–water partition coefficient (Wildman–Crippen LogP) is 1.80. The molecule has 0 spiro atoms. The van der Waals surface area contributed by atoms with Gasteiger partial charge in [-0.15, -0.1) is 23.2 Å². The smallest absolute Gasteiger partial charge is 0.303 e. The number of carboxylic acids is 1. The van der Waals surface area contributed by atoms with Gasteiger partial charge in [0.15, 0.2) is 0 Å². The molecule has 1 saturated carbocycles. The quantitative estimate of drug-likeness (QED) is 0.747. The van der Waals surface area contributed by atoms with Crippen LogP contribution < -0.4 is 5.32 Å². The molecule has 1 aliphatic rings. The van der Waals surface area contributed by atoms with Crippen LogP contribution in [0.5, 0.6) is 0 Å². The van der Waals surface area contributed by atoms with Crippen molar-refractivity contribution in [1.82, 2.24) is 5.32 Å². The number of nitrogens with one attached hydrogen (secondary N) is 1. The zero-order valence-electron chi connectivity index (χ0n) is 9.22. The van der Waals surface area contributed by atoms with Gasteiger partial charge in [-0.25, -0.2) is 0 Å². The second kappa shape index (κ2) is 4.41. The molecule has 92 valence electrons. The first-order valence-electron chi connectivity index (χ1n) is 5.07.